The van der Waals surface area contributed by atoms with Gasteiger partial charge < -0.3 is 25.6 Å². The van der Waals surface area contributed by atoms with Gasteiger partial charge in [0.05, 0.1) is 35.9 Å². The second kappa shape index (κ2) is 13.0. The fourth-order valence-electron chi connectivity index (χ4n) is 6.16. The van der Waals surface area contributed by atoms with Crippen molar-refractivity contribution in [2.45, 2.75) is 43.9 Å². The molecule has 1 saturated carbocycles. The number of amidine groups is 1. The number of quaternary nitrogens is 1. The molecule has 4 heterocycles. The lowest BCUT2D eigenvalue weighted by atomic mass is 9.95. The van der Waals surface area contributed by atoms with Crippen molar-refractivity contribution in [2.75, 3.05) is 54.8 Å². The molecule has 14 heteroatoms. The molecule has 1 saturated heterocycles. The van der Waals surface area contributed by atoms with E-state index in [4.69, 9.17) is 4.74 Å². The standard InChI is InChI=1S/C31H38N8O5S/c1-21-25(36-31(41)34-23-7-9-24(10-8-23)45(2,42)43)4-3-5-27(21)39-19-26(29-32-12-13-38(29)20-39)35-28-11-6-22(18-33-28)30(40)37-14-16-44-17-15-37/h3-6,11-13,18-19,23-24H,7-10,14-17,20H2,1-2H3,(H,33,35)(H2,34,36,41)/p+1. The maximum absolute atomic E-state index is 12.9. The van der Waals surface area contributed by atoms with Crippen LogP contribution in [-0.4, -0.2) is 86.6 Å². The summed E-state index contributed by atoms with van der Waals surface area (Å²) in [5.41, 5.74) is 3.80. The number of sulfone groups is 1. The third-order valence-electron chi connectivity index (χ3n) is 8.71. The number of rotatable bonds is 7. The van der Waals surface area contributed by atoms with Gasteiger partial charge in [0.2, 0.25) is 0 Å². The predicted octanol–water partition coefficient (Wildman–Crippen LogP) is 1.84. The Morgan fingerprint density at radius 3 is 2.56 bits per heavy atom. The molecular formula is C31H39N8O5S+. The molecule has 0 bridgehead atoms. The second-order valence-corrected chi connectivity index (χ2v) is 14.1. The van der Waals surface area contributed by atoms with Gasteiger partial charge in [-0.3, -0.25) is 9.69 Å². The van der Waals surface area contributed by atoms with Crippen LogP contribution in [0.3, 0.4) is 0 Å². The number of aromatic nitrogens is 1. The van der Waals surface area contributed by atoms with Crippen LogP contribution >= 0.6 is 0 Å². The first kappa shape index (κ1) is 30.7. The Labute approximate surface area is 262 Å². The summed E-state index contributed by atoms with van der Waals surface area (Å²) >= 11 is 0. The van der Waals surface area contributed by atoms with Gasteiger partial charge in [-0.05, 0) is 62.4 Å². The monoisotopic (exact) mass is 635 g/mol. The number of fused-ring (bicyclic) bond motifs is 1. The van der Waals surface area contributed by atoms with E-state index in [9.17, 15) is 18.0 Å². The highest BCUT2D eigenvalue weighted by molar-refractivity contribution is 7.91. The number of carbonyl (C=O) groups is 2. The molecule has 2 aromatic rings. The van der Waals surface area contributed by atoms with Gasteiger partial charge in [0.1, 0.15) is 27.6 Å². The van der Waals surface area contributed by atoms with Gasteiger partial charge in [0, 0.05) is 43.5 Å². The minimum absolute atomic E-state index is 0.0580. The molecule has 1 aromatic carbocycles. The van der Waals surface area contributed by atoms with Crippen LogP contribution in [0.5, 0.6) is 0 Å². The van der Waals surface area contributed by atoms with Crippen molar-refractivity contribution in [1.82, 2.24) is 15.2 Å². The topological polar surface area (TPSA) is 150 Å². The van der Waals surface area contributed by atoms with Crippen LogP contribution < -0.4 is 25.8 Å². The van der Waals surface area contributed by atoms with E-state index in [0.29, 0.717) is 75.7 Å². The summed E-state index contributed by atoms with van der Waals surface area (Å²) < 4.78 is 29.1. The fourth-order valence-corrected chi connectivity index (χ4v) is 7.28. The highest BCUT2D eigenvalue weighted by Crippen LogP contribution is 2.29. The highest BCUT2D eigenvalue weighted by atomic mass is 32.2. The number of pyridine rings is 1. The molecule has 6 rings (SSSR count). The van der Waals surface area contributed by atoms with Crippen molar-refractivity contribution in [1.29, 1.82) is 0 Å². The van der Waals surface area contributed by atoms with E-state index >= 15 is 0 Å². The molecule has 4 aliphatic rings. The molecule has 3 aliphatic heterocycles. The minimum Gasteiger partial charge on any atom is -0.378 e. The lowest BCUT2D eigenvalue weighted by Crippen LogP contribution is -3.12. The lowest BCUT2D eigenvalue weighted by molar-refractivity contribution is -0.743. The van der Waals surface area contributed by atoms with Crippen molar-refractivity contribution >= 4 is 44.8 Å². The maximum atomic E-state index is 12.9. The Hall–Kier alpha value is -4.27. The summed E-state index contributed by atoms with van der Waals surface area (Å²) in [4.78, 5) is 39.7. The second-order valence-electron chi connectivity index (χ2n) is 11.8. The first-order chi connectivity index (χ1) is 21.7. The summed E-state index contributed by atoms with van der Waals surface area (Å²) in [6, 6.07) is 8.97. The Morgan fingerprint density at radius 2 is 1.84 bits per heavy atom. The zero-order chi connectivity index (χ0) is 31.6. The number of hydrogen-bond acceptors (Lipinski definition) is 9. The van der Waals surface area contributed by atoms with Gasteiger partial charge in [-0.15, -0.1) is 0 Å². The molecule has 1 unspecified atom stereocenters. The molecule has 3 amide bonds. The van der Waals surface area contributed by atoms with Crippen molar-refractivity contribution < 1.29 is 27.6 Å². The number of nitrogens with one attached hydrogen (secondary N) is 4. The number of nitrogens with zero attached hydrogens (tertiary/aromatic N) is 4. The van der Waals surface area contributed by atoms with E-state index in [-0.39, 0.29) is 23.2 Å². The van der Waals surface area contributed by atoms with E-state index in [1.807, 2.05) is 37.5 Å². The zero-order valence-corrected chi connectivity index (χ0v) is 26.3. The highest BCUT2D eigenvalue weighted by Gasteiger charge is 2.32. The smallest absolute Gasteiger partial charge is 0.319 e. The van der Waals surface area contributed by atoms with E-state index in [1.54, 1.807) is 29.4 Å². The molecule has 1 aromatic heterocycles. The van der Waals surface area contributed by atoms with Crippen molar-refractivity contribution in [2.24, 2.45) is 4.99 Å². The Balaban J connectivity index is 1.13. The average molecular weight is 636 g/mol. The molecule has 2 fully saturated rings. The molecule has 238 valence electrons. The number of anilines is 3. The van der Waals surface area contributed by atoms with Gasteiger partial charge >= 0.3 is 6.03 Å². The number of carbonyl (C=O) groups excluding carboxylic acids is 2. The number of amides is 3. The van der Waals surface area contributed by atoms with E-state index in [1.165, 1.54) is 6.26 Å². The molecular weight excluding hydrogens is 596 g/mol. The number of morpholine rings is 1. The van der Waals surface area contributed by atoms with Gasteiger partial charge in [0.15, 0.2) is 6.67 Å². The van der Waals surface area contributed by atoms with E-state index < -0.39 is 9.84 Å². The largest absolute Gasteiger partial charge is 0.378 e. The number of urea groups is 1. The van der Waals surface area contributed by atoms with E-state index in [0.717, 1.165) is 27.7 Å². The fraction of sp³-hybridized carbons (Fsp3) is 0.419. The summed E-state index contributed by atoms with van der Waals surface area (Å²) in [5.74, 6) is 1.36. The molecule has 0 radical (unpaired) electrons. The maximum Gasteiger partial charge on any atom is 0.319 e. The molecule has 45 heavy (non-hydrogen) atoms. The van der Waals surface area contributed by atoms with Crippen LogP contribution in [0.2, 0.25) is 0 Å². The van der Waals surface area contributed by atoms with Gasteiger partial charge in [0.25, 0.3) is 11.7 Å². The van der Waals surface area contributed by atoms with Crippen molar-refractivity contribution in [3.8, 4) is 0 Å². The third kappa shape index (κ3) is 7.02. The average Bonchev–Trinajstić information content (AvgIpc) is 3.52. The number of benzene rings is 1. The molecule has 0 spiro atoms. The summed E-state index contributed by atoms with van der Waals surface area (Å²) in [5, 5.41) is 9.05. The van der Waals surface area contributed by atoms with Crippen LogP contribution in [0.25, 0.3) is 0 Å². The molecule has 13 nitrogen and oxygen atoms in total. The van der Waals surface area contributed by atoms with E-state index in [2.05, 4.69) is 30.8 Å². The quantitative estimate of drug-likeness (QED) is 0.360. The molecule has 1 aliphatic carbocycles. The van der Waals surface area contributed by atoms with Crippen LogP contribution in [0, 0.1) is 6.92 Å². The third-order valence-corrected chi connectivity index (χ3v) is 10.4. The Kier molecular flexibility index (Phi) is 8.88. The van der Waals surface area contributed by atoms with Gasteiger partial charge in [-0.25, -0.2) is 23.1 Å². The summed E-state index contributed by atoms with van der Waals surface area (Å²) in [6.45, 7) is 4.79. The predicted molar refractivity (Wildman–Crippen MR) is 172 cm³/mol. The van der Waals surface area contributed by atoms with Crippen LogP contribution in [0.1, 0.15) is 41.6 Å². The van der Waals surface area contributed by atoms with Crippen LogP contribution in [0.4, 0.5) is 22.0 Å². The summed E-state index contributed by atoms with van der Waals surface area (Å²) in [7, 11) is -3.06. The molecule has 4 N–H and O–H groups in total. The first-order valence-electron chi connectivity index (χ1n) is 15.2. The van der Waals surface area contributed by atoms with Crippen molar-refractivity contribution in [3.63, 3.8) is 0 Å². The Morgan fingerprint density at radius 1 is 1.07 bits per heavy atom. The van der Waals surface area contributed by atoms with Crippen molar-refractivity contribution in [3.05, 3.63) is 72.0 Å². The normalized spacial score (nSPS) is 23.1. The Bertz CT molecular complexity index is 1640. The number of aliphatic imine (C=N–C) groups is 1. The van der Waals surface area contributed by atoms with Crippen LogP contribution in [-0.2, 0) is 14.6 Å². The summed E-state index contributed by atoms with van der Waals surface area (Å²) in [6.07, 6.45) is 11.0. The minimum atomic E-state index is -3.06. The first-order valence-corrected chi connectivity index (χ1v) is 17.2. The lowest BCUT2D eigenvalue weighted by Gasteiger charge is -2.31. The number of ether oxygens (including phenoxy) is 1. The van der Waals surface area contributed by atoms with Gasteiger partial charge in [-0.1, -0.05) is 6.07 Å². The molecule has 1 atom stereocenters. The SMILES string of the molecule is Cc1c(NC(=O)NC2CCC(S(C)(=O)=O)CC2)cccc1N1C=C(Nc2ccc(C(=O)N3CCOCC3)cn2)C2=NC=C[NH+]2C1. The zero-order valence-electron chi connectivity index (χ0n) is 25.5. The van der Waals surface area contributed by atoms with Gasteiger partial charge in [-0.2, -0.15) is 4.99 Å². The number of hydrogen-bond donors (Lipinski definition) is 4. The van der Waals surface area contributed by atoms with Crippen LogP contribution in [0.15, 0.2) is 65.8 Å².